The number of aliphatic imine (C=N–C) groups is 1. The van der Waals surface area contributed by atoms with Crippen molar-refractivity contribution in [2.24, 2.45) is 4.99 Å². The van der Waals surface area contributed by atoms with E-state index in [2.05, 4.69) is 61.5 Å². The van der Waals surface area contributed by atoms with Gasteiger partial charge in [-0.2, -0.15) is 0 Å². The molecule has 152 valence electrons. The van der Waals surface area contributed by atoms with E-state index in [1.165, 1.54) is 16.7 Å². The molecule has 2 N–H and O–H groups in total. The van der Waals surface area contributed by atoms with Gasteiger partial charge in [-0.15, -0.1) is 24.0 Å². The van der Waals surface area contributed by atoms with Crippen LogP contribution in [-0.4, -0.2) is 29.6 Å². The van der Waals surface area contributed by atoms with E-state index in [0.717, 1.165) is 37.6 Å². The van der Waals surface area contributed by atoms with Crippen LogP contribution in [0.4, 0.5) is 0 Å². The largest absolute Gasteiger partial charge is 0.487 e. The minimum atomic E-state index is -0.211. The second kappa shape index (κ2) is 10.1. The van der Waals surface area contributed by atoms with Crippen molar-refractivity contribution >= 4 is 29.9 Å². The first-order valence-corrected chi connectivity index (χ1v) is 9.71. The summed E-state index contributed by atoms with van der Waals surface area (Å²) < 4.78 is 6.14. The molecule has 0 saturated carbocycles. The topological polar surface area (TPSA) is 58.5 Å². The highest BCUT2D eigenvalue weighted by Gasteiger charge is 2.33. The normalized spacial score (nSPS) is 17.7. The molecule has 0 fully saturated rings. The van der Waals surface area contributed by atoms with Gasteiger partial charge in [0.2, 0.25) is 0 Å². The number of para-hydroxylation sites is 1. The van der Waals surface area contributed by atoms with E-state index in [1.807, 2.05) is 24.5 Å². The molecule has 2 aromatic rings. The Hall–Kier alpha value is -1.83. The zero-order chi connectivity index (χ0) is 19.3. The molecule has 1 aromatic heterocycles. The maximum absolute atomic E-state index is 6.14. The number of nitrogens with zero attached hydrogens (tertiary/aromatic N) is 2. The van der Waals surface area contributed by atoms with E-state index >= 15 is 0 Å². The lowest BCUT2D eigenvalue weighted by Gasteiger charge is -2.38. The van der Waals surface area contributed by atoms with E-state index in [0.29, 0.717) is 0 Å². The number of ether oxygens (including phenoxy) is 1. The molecule has 6 heteroatoms. The highest BCUT2D eigenvalue weighted by Crippen LogP contribution is 2.39. The zero-order valence-corrected chi connectivity index (χ0v) is 19.5. The smallest absolute Gasteiger partial charge is 0.191 e. The molecule has 3 rings (SSSR count). The van der Waals surface area contributed by atoms with Gasteiger partial charge in [-0.3, -0.25) is 9.98 Å². The molecular formula is C22H31IN4O. The lowest BCUT2D eigenvalue weighted by Crippen LogP contribution is -2.45. The van der Waals surface area contributed by atoms with Crippen LogP contribution in [0.25, 0.3) is 0 Å². The zero-order valence-electron chi connectivity index (χ0n) is 17.2. The SMILES string of the molecule is CCNC(=NCCc1ccncc1C)NC1CC(C)(C)Oc2ccccc21.I. The van der Waals surface area contributed by atoms with Gasteiger partial charge < -0.3 is 15.4 Å². The molecule has 0 radical (unpaired) electrons. The van der Waals surface area contributed by atoms with Gasteiger partial charge in [-0.25, -0.2) is 0 Å². The van der Waals surface area contributed by atoms with Crippen LogP contribution in [-0.2, 0) is 6.42 Å². The summed E-state index contributed by atoms with van der Waals surface area (Å²) in [7, 11) is 0. The Morgan fingerprint density at radius 3 is 2.82 bits per heavy atom. The molecule has 5 nitrogen and oxygen atoms in total. The Kier molecular flexibility index (Phi) is 8.10. The summed E-state index contributed by atoms with van der Waals surface area (Å²) in [5.74, 6) is 1.80. The fourth-order valence-electron chi connectivity index (χ4n) is 3.49. The maximum Gasteiger partial charge on any atom is 0.191 e. The Balaban J connectivity index is 0.00000280. The van der Waals surface area contributed by atoms with Gasteiger partial charge in [-0.1, -0.05) is 18.2 Å². The first-order chi connectivity index (χ1) is 13.0. The van der Waals surface area contributed by atoms with Gasteiger partial charge in [0, 0.05) is 37.5 Å². The summed E-state index contributed by atoms with van der Waals surface area (Å²) in [6.07, 6.45) is 5.54. The quantitative estimate of drug-likeness (QED) is 0.368. The highest BCUT2D eigenvalue weighted by molar-refractivity contribution is 14.0. The Labute approximate surface area is 185 Å². The van der Waals surface area contributed by atoms with E-state index in [-0.39, 0.29) is 35.6 Å². The predicted octanol–water partition coefficient (Wildman–Crippen LogP) is 4.41. The first kappa shape index (κ1) is 22.5. The van der Waals surface area contributed by atoms with Crippen LogP contribution in [0.15, 0.2) is 47.7 Å². The Morgan fingerprint density at radius 2 is 2.07 bits per heavy atom. The first-order valence-electron chi connectivity index (χ1n) is 9.71. The lowest BCUT2D eigenvalue weighted by atomic mass is 9.90. The van der Waals surface area contributed by atoms with Gasteiger partial charge in [-0.05, 0) is 57.4 Å². The van der Waals surface area contributed by atoms with E-state index in [4.69, 9.17) is 9.73 Å². The number of guanidine groups is 1. The molecule has 1 unspecified atom stereocenters. The molecular weight excluding hydrogens is 463 g/mol. The van der Waals surface area contributed by atoms with Crippen LogP contribution in [0.1, 0.15) is 49.9 Å². The molecule has 0 amide bonds. The van der Waals surface area contributed by atoms with Crippen LogP contribution >= 0.6 is 24.0 Å². The number of aryl methyl sites for hydroxylation is 1. The Morgan fingerprint density at radius 1 is 1.29 bits per heavy atom. The summed E-state index contributed by atoms with van der Waals surface area (Å²) >= 11 is 0. The molecule has 1 atom stereocenters. The average Bonchev–Trinajstić information content (AvgIpc) is 2.62. The van der Waals surface area contributed by atoms with Crippen molar-refractivity contribution in [3.8, 4) is 5.75 Å². The summed E-state index contributed by atoms with van der Waals surface area (Å²) in [5.41, 5.74) is 3.48. The second-order valence-corrected chi connectivity index (χ2v) is 7.61. The molecule has 1 aliphatic rings. The van der Waals surface area contributed by atoms with Gasteiger partial charge in [0.15, 0.2) is 5.96 Å². The summed E-state index contributed by atoms with van der Waals surface area (Å²) in [5, 5.41) is 6.99. The van der Waals surface area contributed by atoms with Gasteiger partial charge in [0.25, 0.3) is 0 Å². The number of benzene rings is 1. The third-order valence-corrected chi connectivity index (χ3v) is 4.82. The lowest BCUT2D eigenvalue weighted by molar-refractivity contribution is 0.0694. The summed E-state index contributed by atoms with van der Waals surface area (Å²) in [6, 6.07) is 10.5. The number of nitrogens with one attached hydrogen (secondary N) is 2. The third-order valence-electron chi connectivity index (χ3n) is 4.82. The van der Waals surface area contributed by atoms with Crippen LogP contribution in [0.3, 0.4) is 0 Å². The molecule has 0 spiro atoms. The van der Waals surface area contributed by atoms with E-state index in [9.17, 15) is 0 Å². The van der Waals surface area contributed by atoms with Crippen molar-refractivity contribution in [2.75, 3.05) is 13.1 Å². The molecule has 0 saturated heterocycles. The maximum atomic E-state index is 6.14. The number of hydrogen-bond donors (Lipinski definition) is 2. The Bertz CT molecular complexity index is 807. The number of hydrogen-bond acceptors (Lipinski definition) is 3. The van der Waals surface area contributed by atoms with Gasteiger partial charge in [0.1, 0.15) is 11.4 Å². The number of rotatable bonds is 5. The van der Waals surface area contributed by atoms with Crippen molar-refractivity contribution in [3.63, 3.8) is 0 Å². The fourth-order valence-corrected chi connectivity index (χ4v) is 3.49. The van der Waals surface area contributed by atoms with E-state index in [1.54, 1.807) is 0 Å². The van der Waals surface area contributed by atoms with Crippen LogP contribution in [0.5, 0.6) is 5.75 Å². The molecule has 28 heavy (non-hydrogen) atoms. The standard InChI is InChI=1S/C22H30N4O.HI/c1-5-24-21(25-13-11-17-10-12-23-15-16(17)2)26-19-14-22(3,4)27-20-9-7-6-8-18(19)20;/h6-10,12,15,19H,5,11,13-14H2,1-4H3,(H2,24,25,26);1H. The van der Waals surface area contributed by atoms with Crippen molar-refractivity contribution in [1.29, 1.82) is 0 Å². The van der Waals surface area contributed by atoms with Crippen molar-refractivity contribution < 1.29 is 4.74 Å². The molecule has 1 aliphatic heterocycles. The molecule has 0 bridgehead atoms. The number of pyridine rings is 1. The average molecular weight is 494 g/mol. The van der Waals surface area contributed by atoms with Crippen LogP contribution in [0, 0.1) is 6.92 Å². The molecule has 0 aliphatic carbocycles. The summed E-state index contributed by atoms with van der Waals surface area (Å²) in [4.78, 5) is 8.96. The third kappa shape index (κ3) is 5.83. The molecule has 1 aromatic carbocycles. The number of fused-ring (bicyclic) bond motifs is 1. The van der Waals surface area contributed by atoms with Gasteiger partial charge >= 0.3 is 0 Å². The van der Waals surface area contributed by atoms with Gasteiger partial charge in [0.05, 0.1) is 6.04 Å². The van der Waals surface area contributed by atoms with Crippen molar-refractivity contribution in [1.82, 2.24) is 15.6 Å². The number of halogens is 1. The minimum absolute atomic E-state index is 0. The van der Waals surface area contributed by atoms with Crippen molar-refractivity contribution in [2.45, 2.75) is 52.2 Å². The highest BCUT2D eigenvalue weighted by atomic mass is 127. The monoisotopic (exact) mass is 494 g/mol. The fraction of sp³-hybridized carbons (Fsp3) is 0.455. The van der Waals surface area contributed by atoms with E-state index < -0.39 is 0 Å². The predicted molar refractivity (Wildman–Crippen MR) is 126 cm³/mol. The summed E-state index contributed by atoms with van der Waals surface area (Å²) in [6.45, 7) is 10.0. The van der Waals surface area contributed by atoms with Crippen LogP contribution < -0.4 is 15.4 Å². The minimum Gasteiger partial charge on any atom is -0.487 e. The van der Waals surface area contributed by atoms with Crippen LogP contribution in [0.2, 0.25) is 0 Å². The molecule has 2 heterocycles. The van der Waals surface area contributed by atoms with Crippen molar-refractivity contribution in [3.05, 3.63) is 59.4 Å². The second-order valence-electron chi connectivity index (χ2n) is 7.61. The number of aromatic nitrogens is 1.